The van der Waals surface area contributed by atoms with Gasteiger partial charge in [-0.15, -0.1) is 0 Å². The number of carbonyl (C=O) groups is 1. The number of rotatable bonds is 9. The molecule has 1 radical (unpaired) electrons. The minimum absolute atomic E-state index is 0.125. The van der Waals surface area contributed by atoms with E-state index in [0.29, 0.717) is 51.7 Å². The van der Waals surface area contributed by atoms with Crippen LogP contribution in [0.4, 0.5) is 0 Å². The monoisotopic (exact) mass is 492 g/mol. The first-order chi connectivity index (χ1) is 17.5. The summed E-state index contributed by atoms with van der Waals surface area (Å²) in [4.78, 5) is 27.9. The van der Waals surface area contributed by atoms with E-state index in [2.05, 4.69) is 45.9 Å². The molecular weight excluding hydrogens is 458 g/mol. The topological polar surface area (TPSA) is 102 Å². The number of fused-ring (bicyclic) bond motifs is 2. The van der Waals surface area contributed by atoms with Gasteiger partial charge in [0.25, 0.3) is 5.91 Å². The molecule has 5 rings (SSSR count). The summed E-state index contributed by atoms with van der Waals surface area (Å²) in [6, 6.07) is 3.89. The van der Waals surface area contributed by atoms with Gasteiger partial charge in [0.15, 0.2) is 11.5 Å². The molecule has 1 aromatic carbocycles. The van der Waals surface area contributed by atoms with Gasteiger partial charge in [0.05, 0.1) is 23.3 Å². The molecule has 36 heavy (non-hydrogen) atoms. The number of hydrogen-bond donors (Lipinski definition) is 2. The lowest BCUT2D eigenvalue weighted by Gasteiger charge is -2.33. The Labute approximate surface area is 211 Å². The number of hydrogen-bond acceptors (Lipinski definition) is 7. The fraction of sp³-hybridized carbons (Fsp3) is 0.481. The molecule has 0 atom stereocenters. The van der Waals surface area contributed by atoms with Crippen LogP contribution in [0, 0.1) is 5.92 Å². The predicted octanol–water partition coefficient (Wildman–Crippen LogP) is 4.34. The van der Waals surface area contributed by atoms with Crippen LogP contribution >= 0.6 is 0 Å². The summed E-state index contributed by atoms with van der Waals surface area (Å²) in [6.45, 7) is 10.2. The predicted molar refractivity (Wildman–Crippen MR) is 137 cm³/mol. The minimum Gasteiger partial charge on any atom is -0.493 e. The highest BCUT2D eigenvalue weighted by atomic mass is 16.7. The van der Waals surface area contributed by atoms with Gasteiger partial charge in [0.2, 0.25) is 6.79 Å². The van der Waals surface area contributed by atoms with E-state index < -0.39 is 0 Å². The van der Waals surface area contributed by atoms with Crippen molar-refractivity contribution in [1.29, 1.82) is 0 Å². The van der Waals surface area contributed by atoms with Crippen LogP contribution in [0.3, 0.4) is 0 Å². The number of likely N-dealkylation sites (tertiary alicyclic amines) is 1. The Morgan fingerprint density at radius 1 is 1.22 bits per heavy atom. The third-order valence-electron chi connectivity index (χ3n) is 6.66. The second-order valence-corrected chi connectivity index (χ2v) is 9.75. The van der Waals surface area contributed by atoms with Gasteiger partial charge in [0.1, 0.15) is 23.3 Å². The molecule has 9 nitrogen and oxygen atoms in total. The molecule has 3 aromatic rings. The number of aromatic amines is 1. The van der Waals surface area contributed by atoms with Crippen molar-refractivity contribution in [2.24, 2.45) is 0 Å². The van der Waals surface area contributed by atoms with Gasteiger partial charge in [-0.25, -0.2) is 9.97 Å². The van der Waals surface area contributed by atoms with Crippen LogP contribution < -0.4 is 19.5 Å². The van der Waals surface area contributed by atoms with Crippen molar-refractivity contribution in [3.63, 3.8) is 0 Å². The molecule has 1 amide bonds. The van der Waals surface area contributed by atoms with Crippen molar-refractivity contribution in [3.8, 4) is 28.5 Å². The molecular formula is C27H34N5O4. The molecule has 4 heterocycles. The number of H-pyrrole nitrogens is 1. The van der Waals surface area contributed by atoms with Crippen LogP contribution in [0.25, 0.3) is 22.3 Å². The number of nitrogens with zero attached hydrogens (tertiary/aromatic N) is 3. The van der Waals surface area contributed by atoms with Gasteiger partial charge < -0.3 is 29.4 Å². The number of aromatic nitrogens is 3. The maximum Gasteiger partial charge on any atom is 0.255 e. The van der Waals surface area contributed by atoms with Gasteiger partial charge in [-0.2, -0.15) is 0 Å². The van der Waals surface area contributed by atoms with Crippen molar-refractivity contribution >= 4 is 16.9 Å². The van der Waals surface area contributed by atoms with Crippen LogP contribution in [0.5, 0.6) is 17.2 Å². The van der Waals surface area contributed by atoms with Crippen LogP contribution in [0.15, 0.2) is 24.7 Å². The van der Waals surface area contributed by atoms with Crippen molar-refractivity contribution in [2.45, 2.75) is 52.5 Å². The molecule has 0 aliphatic carbocycles. The molecule has 1 saturated heterocycles. The maximum atomic E-state index is 13.2. The molecule has 0 spiro atoms. The first kappa shape index (κ1) is 24.4. The first-order valence-electron chi connectivity index (χ1n) is 12.7. The van der Waals surface area contributed by atoms with E-state index in [9.17, 15) is 4.79 Å². The molecule has 0 unspecified atom stereocenters. The summed E-state index contributed by atoms with van der Waals surface area (Å²) in [6.07, 6.45) is 7.04. The molecule has 0 bridgehead atoms. The van der Waals surface area contributed by atoms with Crippen molar-refractivity contribution < 1.29 is 19.0 Å². The first-order valence-corrected chi connectivity index (χ1v) is 12.7. The van der Waals surface area contributed by atoms with Crippen LogP contribution in [0.1, 0.15) is 56.8 Å². The average molecular weight is 493 g/mol. The molecule has 2 aliphatic rings. The van der Waals surface area contributed by atoms with Gasteiger partial charge >= 0.3 is 0 Å². The summed E-state index contributed by atoms with van der Waals surface area (Å²) in [5.74, 6) is 3.19. The summed E-state index contributed by atoms with van der Waals surface area (Å²) in [7, 11) is 0. The third-order valence-corrected chi connectivity index (χ3v) is 6.66. The van der Waals surface area contributed by atoms with Crippen molar-refractivity contribution in [2.75, 3.05) is 33.0 Å². The van der Waals surface area contributed by atoms with Crippen LogP contribution in [-0.2, 0) is 0 Å². The Morgan fingerprint density at radius 2 is 2.06 bits per heavy atom. The third kappa shape index (κ3) is 4.97. The Balaban J connectivity index is 1.40. The molecule has 0 saturated carbocycles. The van der Waals surface area contributed by atoms with Gasteiger partial charge in [-0.1, -0.05) is 27.2 Å². The zero-order valence-electron chi connectivity index (χ0n) is 21.2. The Kier molecular flexibility index (Phi) is 7.27. The second-order valence-electron chi connectivity index (χ2n) is 9.75. The highest BCUT2D eigenvalue weighted by molar-refractivity contribution is 6.08. The van der Waals surface area contributed by atoms with E-state index in [1.54, 1.807) is 6.20 Å². The number of carbonyl (C=O) groups excluding carboxylic acids is 1. The van der Waals surface area contributed by atoms with E-state index in [4.69, 9.17) is 14.2 Å². The van der Waals surface area contributed by atoms with Gasteiger partial charge in [-0.05, 0) is 37.3 Å². The van der Waals surface area contributed by atoms with E-state index >= 15 is 0 Å². The smallest absolute Gasteiger partial charge is 0.255 e. The summed E-state index contributed by atoms with van der Waals surface area (Å²) < 4.78 is 17.5. The standard InChI is InChI=1S/C27H34N5O4/c1-4-5-12-34-20-6-7-21-26(36-16-35-21)22(20)24-25-23(29-15-30-24)19(13-28-25)27(33)31-18-8-10-32(11-9-18)14-17(2)3/h6-7,13,15,18,28H,4-5,8-12,14,16H2,1-3H3,(H,31,33). The Bertz CT molecular complexity index is 1220. The van der Waals surface area contributed by atoms with Crippen molar-refractivity contribution in [1.82, 2.24) is 25.2 Å². The SMILES string of the molecule is CCCCOc1ccc2c(c1-c1ncnc3c(C(=O)NC4CCN(C[C](C)C)CC4)c[nH]c13)OCO2. The molecule has 1 fully saturated rings. The van der Waals surface area contributed by atoms with Crippen LogP contribution in [0.2, 0.25) is 0 Å². The normalized spacial score (nSPS) is 16.1. The summed E-state index contributed by atoms with van der Waals surface area (Å²) >= 11 is 0. The highest BCUT2D eigenvalue weighted by Crippen LogP contribution is 2.47. The Morgan fingerprint density at radius 3 is 2.83 bits per heavy atom. The lowest BCUT2D eigenvalue weighted by molar-refractivity contribution is 0.0913. The molecule has 2 N–H and O–H groups in total. The number of piperidine rings is 1. The molecule has 2 aliphatic heterocycles. The summed E-state index contributed by atoms with van der Waals surface area (Å²) in [5.41, 5.74) is 3.06. The number of amides is 1. The Hall–Kier alpha value is -3.33. The highest BCUT2D eigenvalue weighted by Gasteiger charge is 2.28. The van der Waals surface area contributed by atoms with E-state index in [-0.39, 0.29) is 18.7 Å². The van der Waals surface area contributed by atoms with Crippen molar-refractivity contribution in [3.05, 3.63) is 36.1 Å². The fourth-order valence-electron chi connectivity index (χ4n) is 4.87. The lowest BCUT2D eigenvalue weighted by Crippen LogP contribution is -2.45. The number of ether oxygens (including phenoxy) is 3. The van der Waals surface area contributed by atoms with E-state index in [1.165, 1.54) is 12.2 Å². The zero-order valence-corrected chi connectivity index (χ0v) is 21.2. The number of benzene rings is 1. The van der Waals surface area contributed by atoms with Crippen LogP contribution in [-0.4, -0.2) is 64.8 Å². The van der Waals surface area contributed by atoms with E-state index in [1.807, 2.05) is 12.1 Å². The largest absolute Gasteiger partial charge is 0.493 e. The van der Waals surface area contributed by atoms with Gasteiger partial charge in [-0.3, -0.25) is 4.79 Å². The molecule has 191 valence electrons. The van der Waals surface area contributed by atoms with Gasteiger partial charge in [0, 0.05) is 31.9 Å². The summed E-state index contributed by atoms with van der Waals surface area (Å²) in [5, 5.41) is 3.21. The molecule has 9 heteroatoms. The quantitative estimate of drug-likeness (QED) is 0.429. The maximum absolute atomic E-state index is 13.2. The lowest BCUT2D eigenvalue weighted by atomic mass is 10.0. The average Bonchev–Trinajstić information content (AvgIpc) is 3.52. The number of nitrogens with one attached hydrogen (secondary N) is 2. The molecule has 2 aromatic heterocycles. The second kappa shape index (κ2) is 10.7. The minimum atomic E-state index is -0.125. The number of unbranched alkanes of at least 4 members (excludes halogenated alkanes) is 1. The van der Waals surface area contributed by atoms with E-state index in [0.717, 1.165) is 45.3 Å². The zero-order chi connectivity index (χ0) is 25.1. The fourth-order valence-corrected chi connectivity index (χ4v) is 4.87.